The Morgan fingerprint density at radius 2 is 1.54 bits per heavy atom. The number of rotatable bonds is 2. The van der Waals surface area contributed by atoms with E-state index >= 15 is 0 Å². The molecule has 0 unspecified atom stereocenters. The zero-order valence-electron chi connectivity index (χ0n) is 22.3. The smallest absolute Gasteiger partial charge is 1.00 e. The number of allylic oxidation sites excluding steroid dienone is 4. The van der Waals surface area contributed by atoms with Crippen LogP contribution in [0.25, 0.3) is 14.9 Å². The molecule has 0 aliphatic heterocycles. The average Bonchev–Trinajstić information content (AvgIpc) is 3.39. The van der Waals surface area contributed by atoms with Crippen molar-refractivity contribution < 1.29 is 49.5 Å². The summed E-state index contributed by atoms with van der Waals surface area (Å²) in [6.45, 7) is 13.9. The fourth-order valence-electron chi connectivity index (χ4n) is 5.26. The summed E-state index contributed by atoms with van der Waals surface area (Å²) in [7, 11) is 0. The first kappa shape index (κ1) is 30.2. The molecule has 0 heterocycles. The van der Waals surface area contributed by atoms with Gasteiger partial charge in [-0.15, -0.1) is 0 Å². The van der Waals surface area contributed by atoms with Crippen LogP contribution in [-0.4, -0.2) is 0 Å². The maximum atomic E-state index is 6.40. The van der Waals surface area contributed by atoms with Crippen LogP contribution < -0.4 is 35.3 Å². The predicted molar refractivity (Wildman–Crippen MR) is 146 cm³/mol. The van der Waals surface area contributed by atoms with Crippen molar-refractivity contribution in [3.05, 3.63) is 120 Å². The average molecular weight is 626 g/mol. The second kappa shape index (κ2) is 11.0. The summed E-state index contributed by atoms with van der Waals surface area (Å²) in [4.78, 5) is 0. The third-order valence-corrected chi connectivity index (χ3v) is 8.63. The van der Waals surface area contributed by atoms with Gasteiger partial charge < -0.3 is 24.8 Å². The van der Waals surface area contributed by atoms with Gasteiger partial charge >= 0.3 is 231 Å². The second-order valence-electron chi connectivity index (χ2n) is 11.8. The normalized spacial score (nSPS) is 14.7. The molecule has 0 spiro atoms. The maximum Gasteiger partial charge on any atom is -1.00 e. The van der Waals surface area contributed by atoms with Gasteiger partial charge in [0, 0.05) is 0 Å². The van der Waals surface area contributed by atoms with E-state index in [0.717, 1.165) is 17.0 Å². The van der Waals surface area contributed by atoms with Crippen LogP contribution in [0.15, 0.2) is 66.8 Å². The summed E-state index contributed by atoms with van der Waals surface area (Å²) in [5.74, 6) is 0. The molecule has 0 aromatic heterocycles. The Hall–Kier alpha value is -1.37. The Labute approximate surface area is 253 Å². The van der Waals surface area contributed by atoms with Gasteiger partial charge in [-0.3, -0.25) is 0 Å². The van der Waals surface area contributed by atoms with Gasteiger partial charge in [0.15, 0.2) is 0 Å². The topological polar surface area (TPSA) is 0 Å². The van der Waals surface area contributed by atoms with Crippen molar-refractivity contribution >= 4 is 26.5 Å². The monoisotopic (exact) mass is 623 g/mol. The van der Waals surface area contributed by atoms with E-state index < -0.39 is 0 Å². The third-order valence-electron chi connectivity index (χ3n) is 7.12. The van der Waals surface area contributed by atoms with E-state index in [9.17, 15) is 0 Å². The van der Waals surface area contributed by atoms with Gasteiger partial charge in [-0.25, -0.2) is 0 Å². The van der Waals surface area contributed by atoms with Crippen molar-refractivity contribution in [2.75, 3.05) is 0 Å². The molecule has 189 valence electrons. The van der Waals surface area contributed by atoms with Crippen LogP contribution in [0.2, 0.25) is 5.02 Å². The van der Waals surface area contributed by atoms with Crippen LogP contribution in [0, 0.1) is 10.4 Å². The summed E-state index contributed by atoms with van der Waals surface area (Å²) < 4.78 is 1.46. The SMILES string of the molecule is CC(C)(C)c1ccc2c(c1)=c1cc(C(C)(C)C)c(=Cc3cccc(Cl)c3)c(C3=CC=CC3)c1[C]=2[Zr+2].[Cl-].[Cl-]. The van der Waals surface area contributed by atoms with Crippen LogP contribution in [0.5, 0.6) is 0 Å². The molecule has 5 rings (SSSR count). The van der Waals surface area contributed by atoms with Crippen molar-refractivity contribution in [3.8, 4) is 0 Å². The summed E-state index contributed by atoms with van der Waals surface area (Å²) in [6, 6.07) is 17.8. The molecule has 3 aromatic carbocycles. The number of hydrogen-bond donors (Lipinski definition) is 0. The van der Waals surface area contributed by atoms with Crippen LogP contribution >= 0.6 is 11.6 Å². The Morgan fingerprint density at radius 3 is 2.14 bits per heavy atom. The Kier molecular flexibility index (Phi) is 8.99. The minimum Gasteiger partial charge on any atom is -1.00 e. The maximum absolute atomic E-state index is 6.40. The minimum atomic E-state index is -0.00746. The largest absolute Gasteiger partial charge is 1.00 e. The molecule has 0 saturated carbocycles. The number of halogens is 3. The van der Waals surface area contributed by atoms with Crippen molar-refractivity contribution in [1.29, 1.82) is 0 Å². The zero-order valence-corrected chi connectivity index (χ0v) is 27.0. The Morgan fingerprint density at radius 1 is 0.811 bits per heavy atom. The van der Waals surface area contributed by atoms with Crippen LogP contribution in [-0.2, 0) is 35.5 Å². The van der Waals surface area contributed by atoms with Crippen LogP contribution in [0.3, 0.4) is 0 Å². The zero-order chi connectivity index (χ0) is 25.1. The minimum absolute atomic E-state index is 0. The van der Waals surface area contributed by atoms with Gasteiger partial charge in [-0.2, -0.15) is 0 Å². The molecule has 0 fully saturated rings. The summed E-state index contributed by atoms with van der Waals surface area (Å²) in [5.41, 5.74) is 8.27. The molecular weight excluding hydrogens is 594 g/mol. The molecule has 2 aliphatic rings. The molecular formula is C33H32Cl3Zr. The molecule has 2 aliphatic carbocycles. The Balaban J connectivity index is 0.00000190. The van der Waals surface area contributed by atoms with Crippen molar-refractivity contribution in [1.82, 2.24) is 0 Å². The predicted octanol–water partition coefficient (Wildman–Crippen LogP) is 1.42. The first-order valence-corrected chi connectivity index (χ1v) is 14.0. The van der Waals surface area contributed by atoms with Crippen molar-refractivity contribution in [2.45, 2.75) is 58.8 Å². The number of fused-ring (bicyclic) bond motifs is 2. The summed E-state index contributed by atoms with van der Waals surface area (Å²) in [6.07, 6.45) is 10.1. The van der Waals surface area contributed by atoms with Gasteiger partial charge in [0.25, 0.3) is 0 Å². The molecule has 0 amide bonds. The van der Waals surface area contributed by atoms with E-state index in [-0.39, 0.29) is 35.6 Å². The third kappa shape index (κ3) is 5.67. The van der Waals surface area contributed by atoms with Crippen LogP contribution in [0.4, 0.5) is 0 Å². The molecule has 0 radical (unpaired) electrons. The first-order valence-electron chi connectivity index (χ1n) is 12.4. The number of hydrogen-bond acceptors (Lipinski definition) is 0. The molecule has 3 aromatic rings. The van der Waals surface area contributed by atoms with Crippen LogP contribution in [0.1, 0.15) is 75.8 Å². The van der Waals surface area contributed by atoms with Gasteiger partial charge in [0.2, 0.25) is 0 Å². The first-order chi connectivity index (χ1) is 16.4. The molecule has 37 heavy (non-hydrogen) atoms. The van der Waals surface area contributed by atoms with Gasteiger partial charge in [0.1, 0.15) is 0 Å². The fraction of sp³-hybridized carbons (Fsp3) is 0.273. The molecule has 0 bridgehead atoms. The van der Waals surface area contributed by atoms with E-state index in [0.29, 0.717) is 0 Å². The Bertz CT molecular complexity index is 1650. The van der Waals surface area contributed by atoms with Gasteiger partial charge in [-0.05, 0) is 0 Å². The molecule has 0 atom stereocenters. The van der Waals surface area contributed by atoms with Gasteiger partial charge in [-0.1, -0.05) is 0 Å². The van der Waals surface area contributed by atoms with Gasteiger partial charge in [0.05, 0.1) is 0 Å². The van der Waals surface area contributed by atoms with E-state index in [1.165, 1.54) is 76.7 Å². The van der Waals surface area contributed by atoms with Crippen molar-refractivity contribution in [2.24, 2.45) is 0 Å². The molecule has 4 heteroatoms. The van der Waals surface area contributed by atoms with Crippen molar-refractivity contribution in [3.63, 3.8) is 0 Å². The fourth-order valence-corrected chi connectivity index (χ4v) is 6.63. The van der Waals surface area contributed by atoms with E-state index in [1.807, 2.05) is 12.1 Å². The molecule has 0 nitrogen and oxygen atoms in total. The number of benzene rings is 3. The van der Waals surface area contributed by atoms with E-state index in [4.69, 9.17) is 11.6 Å². The standard InChI is InChI=1S/C33H32Cl.2ClH.Zr/c1-32(2,3)24-15-14-23-18-28-27(26(23)19-24)20-30(33(4,5)6)29(31(28)22-11-7-8-12-22)17-21-10-9-13-25(34)16-21;;;/h7-11,13-17,19-20H,12H2,1-6H3;2*1H;/q;;;+2/p-2. The quantitative estimate of drug-likeness (QED) is 0.404. The molecule has 0 saturated heterocycles. The second-order valence-corrected chi connectivity index (χ2v) is 13.5. The van der Waals surface area contributed by atoms with E-state index in [2.05, 4.69) is 102 Å². The summed E-state index contributed by atoms with van der Waals surface area (Å²) in [5, 5.41) is 6.30. The summed E-state index contributed by atoms with van der Waals surface area (Å²) >= 11 is 7.85. The van der Waals surface area contributed by atoms with E-state index in [1.54, 1.807) is 0 Å². The molecule has 0 N–H and O–H groups in total.